The second-order valence-corrected chi connectivity index (χ2v) is 48.1. The summed E-state index contributed by atoms with van der Waals surface area (Å²) in [6.07, 6.45) is 82.0. The molecular formula is C138H164N4O2S4. The minimum absolute atomic E-state index is 0.0913. The van der Waals surface area contributed by atoms with Crippen LogP contribution in [0.1, 0.15) is 496 Å². The number of nitrogens with zero attached hydrogens (tertiary/aromatic N) is 4. The maximum Gasteiger partial charge on any atom is 0.270 e. The number of carbonyl (C=O) groups is 2. The Morgan fingerprint density at radius 1 is 0.277 bits per heavy atom. The van der Waals surface area contributed by atoms with Gasteiger partial charge in [-0.1, -0.05) is 507 Å². The van der Waals surface area contributed by atoms with Crippen molar-refractivity contribution in [3.05, 3.63) is 326 Å². The fraction of sp³-hybridized carbons (Fsp3) is 0.478. The van der Waals surface area contributed by atoms with Crippen LogP contribution < -0.4 is 0 Å². The van der Waals surface area contributed by atoms with E-state index in [0.29, 0.717) is 44.5 Å². The smallest absolute Gasteiger partial charge is 0.270 e. The van der Waals surface area contributed by atoms with Crippen LogP contribution in [0.4, 0.5) is 0 Å². The van der Waals surface area contributed by atoms with E-state index in [1.165, 1.54) is 420 Å². The summed E-state index contributed by atoms with van der Waals surface area (Å²) < 4.78 is 2.50. The van der Waals surface area contributed by atoms with Gasteiger partial charge in [0, 0.05) is 54.3 Å². The number of fused-ring (bicyclic) bond motifs is 13. The average Bonchev–Trinajstić information content (AvgIpc) is 1.48. The minimum Gasteiger partial charge on any atom is -0.289 e. The molecule has 0 saturated heterocycles. The molecule has 10 heteroatoms. The van der Waals surface area contributed by atoms with Crippen LogP contribution in [0, 0.1) is 35.8 Å². The summed E-state index contributed by atoms with van der Waals surface area (Å²) in [7, 11) is 0. The van der Waals surface area contributed by atoms with Gasteiger partial charge in [-0.3, -0.25) is 9.59 Å². The second-order valence-electron chi connectivity index (χ2n) is 43.9. The van der Waals surface area contributed by atoms with Crippen molar-refractivity contribution in [2.45, 2.75) is 424 Å². The molecule has 0 saturated carbocycles. The number of thiophene rings is 4. The lowest BCUT2D eigenvalue weighted by Crippen LogP contribution is -2.29. The normalized spacial score (nSPS) is 14.8. The summed E-state index contributed by atoms with van der Waals surface area (Å²) in [6, 6.07) is 72.7. The van der Waals surface area contributed by atoms with Gasteiger partial charge < -0.3 is 0 Å². The van der Waals surface area contributed by atoms with Gasteiger partial charge in [0.25, 0.3) is 11.4 Å². The number of unbranched alkanes of at least 4 members (excludes halogenated alkanes) is 52. The molecule has 4 heterocycles. The highest BCUT2D eigenvalue weighted by Crippen LogP contribution is 2.71. The van der Waals surface area contributed by atoms with Gasteiger partial charge in [0.1, 0.15) is 0 Å². The third kappa shape index (κ3) is 26.7. The molecule has 0 radical (unpaired) electrons. The number of hydrogen-bond donors (Lipinski definition) is 0. The van der Waals surface area contributed by atoms with Crippen molar-refractivity contribution in [2.75, 3.05) is 0 Å². The van der Waals surface area contributed by atoms with Gasteiger partial charge in [-0.2, -0.15) is 0 Å². The molecule has 12 aromatic rings. The lowest BCUT2D eigenvalue weighted by atomic mass is 9.67. The van der Waals surface area contributed by atoms with Crippen molar-refractivity contribution in [3.8, 4) is 31.6 Å². The molecule has 0 amide bonds. The third-order valence-electron chi connectivity index (χ3n) is 33.1. The number of ketones is 2. The van der Waals surface area contributed by atoms with E-state index in [1.807, 2.05) is 108 Å². The number of benzene rings is 8. The van der Waals surface area contributed by atoms with E-state index in [4.69, 9.17) is 13.1 Å². The first-order valence-corrected chi connectivity index (χ1v) is 62.2. The van der Waals surface area contributed by atoms with Gasteiger partial charge >= 0.3 is 0 Å². The predicted octanol–water partition coefficient (Wildman–Crippen LogP) is 43.1. The highest BCUT2D eigenvalue weighted by molar-refractivity contribution is 7.34. The van der Waals surface area contributed by atoms with Crippen LogP contribution in [-0.2, 0) is 36.5 Å². The van der Waals surface area contributed by atoms with E-state index < -0.39 is 10.8 Å². The van der Waals surface area contributed by atoms with Crippen LogP contribution >= 0.6 is 45.3 Å². The standard InChI is InChI=1S/C138H164N4O2S4/c1-7-11-15-19-23-27-31-35-39-43-47-51-55-59-67-101-75-83-109(84-76-101)137(110-85-77-102(78-86-110)68-60-56-52-48-44-40-36-32-28-24-20-16-12-8-2)121-97-113(95-119-125(123(99-139)141-5)115-91-105-71-63-65-73-107(105)93-117(115)129(119)143)145-131(121)133-127(137)135-136(147-133)128-134(148-135)132-122(98-114(146-132)96-120-126(124(100-140)142-6)116-92-106-72-64-66-74-108(106)94-118(116)130(120)144)138(128,111-87-79-103(80-88-111)69-61-57-53-49-45-41-37-33-29-25-21-17-13-9-3)112-89-81-104(82-90-112)70-62-58-54-50-46-42-38-34-30-26-22-18-14-10-4/h63-66,71-98H,7-62,67-70H2,1-4H3/b119-95-,120-96-,125-123-,126-124+. The molecule has 0 aliphatic heterocycles. The van der Waals surface area contributed by atoms with Crippen LogP contribution in [-0.4, -0.2) is 11.6 Å². The zero-order valence-electron chi connectivity index (χ0n) is 90.1. The summed E-state index contributed by atoms with van der Waals surface area (Å²) >= 11 is 7.34. The highest BCUT2D eigenvalue weighted by Gasteiger charge is 2.56. The number of nitriles is 2. The Morgan fingerprint density at radius 2 is 0.493 bits per heavy atom. The van der Waals surface area contributed by atoms with Gasteiger partial charge in [0.15, 0.2) is 11.6 Å². The van der Waals surface area contributed by atoms with Crippen molar-refractivity contribution in [1.82, 2.24) is 0 Å². The van der Waals surface area contributed by atoms with Crippen LogP contribution in [0.15, 0.2) is 205 Å². The van der Waals surface area contributed by atoms with Crippen LogP contribution in [0.3, 0.4) is 0 Å². The summed E-state index contributed by atoms with van der Waals surface area (Å²) in [4.78, 5) is 45.6. The molecule has 8 aromatic carbocycles. The molecule has 4 aromatic heterocycles. The molecule has 0 atom stereocenters. The molecule has 0 unspecified atom stereocenters. The quantitative estimate of drug-likeness (QED) is 0.0164. The monoisotopic (exact) mass is 2040 g/mol. The number of rotatable bonds is 66. The Morgan fingerprint density at radius 3 is 0.709 bits per heavy atom. The maximum atomic E-state index is 15.6. The summed E-state index contributed by atoms with van der Waals surface area (Å²) in [5.74, 6) is -0.364. The van der Waals surface area contributed by atoms with Gasteiger partial charge in [0.2, 0.25) is 0 Å². The van der Waals surface area contributed by atoms with Crippen LogP contribution in [0.5, 0.6) is 0 Å². The first kappa shape index (κ1) is 110. The molecule has 148 heavy (non-hydrogen) atoms. The number of hydrogen-bond acceptors (Lipinski definition) is 8. The van der Waals surface area contributed by atoms with E-state index in [-0.39, 0.29) is 23.0 Å². The lowest BCUT2D eigenvalue weighted by molar-refractivity contribution is 0.103. The summed E-state index contributed by atoms with van der Waals surface area (Å²) in [6.45, 7) is 26.4. The lowest BCUT2D eigenvalue weighted by Gasteiger charge is -2.34. The number of carbonyl (C=O) groups excluding carboxylic acids is 2. The maximum absolute atomic E-state index is 15.6. The van der Waals surface area contributed by atoms with Crippen molar-refractivity contribution >= 4 is 111 Å². The van der Waals surface area contributed by atoms with Crippen molar-refractivity contribution in [2.24, 2.45) is 0 Å². The van der Waals surface area contributed by atoms with Crippen LogP contribution in [0.25, 0.3) is 83.4 Å². The SMILES string of the molecule is [C-]#[N+]/C(C#N)=C1\C(=C\c2cc3c(s2)-c2sc4c5c(sc4c2C3(c2ccc(CCCCCCCCCCCCCCCC)cc2)c2ccc(CCCCCCCCCCCCCCCC)cc2)-c2sc(/C=C3\C(=O)c4cc6ccccc6cc4\C3=C(\C#N)[N+]#[C-])cc2C5(c2ccc(CCCCCCCCCCCCCCCC)cc2)c2ccc(CCCCCCCCCCCCCCCC)cc2)C(=O)c2cc3ccccc3cc21. The zero-order valence-corrected chi connectivity index (χ0v) is 93.4. The number of Topliss-reactive ketones (excluding diaryl/α,β-unsaturated/α-hetero) is 2. The fourth-order valence-electron chi connectivity index (χ4n) is 24.8. The topological polar surface area (TPSA) is 90.4 Å². The Bertz CT molecular complexity index is 6110. The largest absolute Gasteiger partial charge is 0.289 e. The Balaban J connectivity index is 0.825. The van der Waals surface area contributed by atoms with Crippen LogP contribution in [0.2, 0.25) is 0 Å². The predicted molar refractivity (Wildman–Crippen MR) is 637 cm³/mol. The number of aryl methyl sites for hydroxylation is 4. The Kier molecular flexibility index (Phi) is 42.6. The van der Waals surface area contributed by atoms with Gasteiger partial charge in [0.05, 0.1) is 65.0 Å². The van der Waals surface area contributed by atoms with Crippen molar-refractivity contribution in [1.29, 1.82) is 10.5 Å². The van der Waals surface area contributed by atoms with E-state index in [9.17, 15) is 10.5 Å². The zero-order chi connectivity index (χ0) is 102. The highest BCUT2D eigenvalue weighted by atomic mass is 32.1. The summed E-state index contributed by atoms with van der Waals surface area (Å²) in [5, 5.41) is 25.8. The molecule has 4 aliphatic rings. The molecule has 772 valence electrons. The first-order chi connectivity index (χ1) is 73.0. The molecule has 4 aliphatic carbocycles. The Hall–Kier alpha value is -10.4. The van der Waals surface area contributed by atoms with E-state index in [2.05, 4.69) is 159 Å². The van der Waals surface area contributed by atoms with Crippen molar-refractivity contribution < 1.29 is 9.59 Å². The van der Waals surface area contributed by atoms with Crippen molar-refractivity contribution in [3.63, 3.8) is 0 Å². The summed E-state index contributed by atoms with van der Waals surface area (Å²) in [5.41, 5.74) is 16.9. The third-order valence-corrected chi connectivity index (χ3v) is 38.2. The van der Waals surface area contributed by atoms with Gasteiger partial charge in [-0.25, -0.2) is 20.2 Å². The molecular weight excluding hydrogens is 1870 g/mol. The average molecular weight is 2040 g/mol. The van der Waals surface area contributed by atoms with E-state index >= 15 is 9.59 Å². The fourth-order valence-corrected chi connectivity index (χ4v) is 30.5. The van der Waals surface area contributed by atoms with Gasteiger partial charge in [-0.05, 0) is 188 Å². The Labute approximate surface area is 905 Å². The minimum atomic E-state index is -0.893. The molecule has 0 N–H and O–H groups in total. The molecule has 0 bridgehead atoms. The van der Waals surface area contributed by atoms with E-state index in [1.54, 1.807) is 22.7 Å². The molecule has 6 nitrogen and oxygen atoms in total. The molecule has 0 spiro atoms. The van der Waals surface area contributed by atoms with Gasteiger partial charge in [-0.15, -0.1) is 45.3 Å². The first-order valence-electron chi connectivity index (χ1n) is 58.9. The number of allylic oxidation sites excluding steroid dienone is 6. The second kappa shape index (κ2) is 57.2. The van der Waals surface area contributed by atoms with E-state index in [0.717, 1.165) is 92.4 Å². The molecule has 0 fully saturated rings. The molecule has 16 rings (SSSR count).